The minimum absolute atomic E-state index is 0.376. The molecule has 0 spiro atoms. The summed E-state index contributed by atoms with van der Waals surface area (Å²) in [6, 6.07) is 5.30. The zero-order valence-electron chi connectivity index (χ0n) is 11.1. The summed E-state index contributed by atoms with van der Waals surface area (Å²) in [7, 11) is -4.52. The van der Waals surface area contributed by atoms with Crippen LogP contribution in [0.3, 0.4) is 0 Å². The van der Waals surface area contributed by atoms with Crippen molar-refractivity contribution in [3.8, 4) is 0 Å². The number of halogens is 2. The first kappa shape index (κ1) is 15.4. The minimum atomic E-state index is -4.52. The lowest BCUT2D eigenvalue weighted by Gasteiger charge is -2.07. The molecule has 0 aliphatic rings. The largest absolute Gasteiger partial charge is 0.385 e. The molecule has 0 saturated heterocycles. The average molecular weight is 315 g/mol. The Hall–Kier alpha value is -1.96. The van der Waals surface area contributed by atoms with Gasteiger partial charge in [-0.05, 0) is 30.7 Å². The fourth-order valence-electron chi connectivity index (χ4n) is 1.79. The van der Waals surface area contributed by atoms with Crippen LogP contribution < -0.4 is 5.32 Å². The Bertz CT molecular complexity index is 655. The van der Waals surface area contributed by atoms with Gasteiger partial charge in [0, 0.05) is 31.0 Å². The molecule has 8 heteroatoms. The third-order valence-electron chi connectivity index (χ3n) is 2.89. The lowest BCUT2D eigenvalue weighted by Crippen LogP contribution is -2.11. The normalized spacial score (nSPS) is 11.8. The number of alkyl halides is 2. The maximum absolute atomic E-state index is 12.4. The minimum Gasteiger partial charge on any atom is -0.385 e. The molecule has 0 aliphatic heterocycles. The van der Waals surface area contributed by atoms with Gasteiger partial charge in [0.05, 0.1) is 4.90 Å². The molecule has 0 saturated carbocycles. The summed E-state index contributed by atoms with van der Waals surface area (Å²) in [5.74, 6) is -2.50. The van der Waals surface area contributed by atoms with Gasteiger partial charge in [0.15, 0.2) is 0 Å². The zero-order valence-corrected chi connectivity index (χ0v) is 11.9. The molecule has 0 bridgehead atoms. The van der Waals surface area contributed by atoms with Crippen LogP contribution >= 0.6 is 0 Å². The number of rotatable bonds is 7. The van der Waals surface area contributed by atoms with Gasteiger partial charge in [0.2, 0.25) is 9.84 Å². The number of nitrogens with zero attached hydrogens (tertiary/aromatic N) is 1. The maximum atomic E-state index is 12.4. The van der Waals surface area contributed by atoms with Crippen molar-refractivity contribution >= 4 is 15.5 Å². The molecule has 1 aromatic heterocycles. The van der Waals surface area contributed by atoms with E-state index < -0.39 is 15.6 Å². The smallest absolute Gasteiger partial charge is 0.341 e. The van der Waals surface area contributed by atoms with Gasteiger partial charge in [-0.2, -0.15) is 8.78 Å². The second-order valence-corrected chi connectivity index (χ2v) is 6.31. The van der Waals surface area contributed by atoms with E-state index in [1.807, 2.05) is 0 Å². The molecule has 5 nitrogen and oxygen atoms in total. The number of H-pyrrole nitrogens is 1. The molecule has 0 unspecified atom stereocenters. The Morgan fingerprint density at radius 1 is 1.24 bits per heavy atom. The fourth-order valence-corrected chi connectivity index (χ4v) is 2.51. The second-order valence-electron chi connectivity index (χ2n) is 4.40. The van der Waals surface area contributed by atoms with E-state index in [-0.39, 0.29) is 4.90 Å². The molecule has 1 heterocycles. The van der Waals surface area contributed by atoms with Crippen LogP contribution in [0.1, 0.15) is 12.2 Å². The number of nitrogens with one attached hydrogen (secondary N) is 2. The van der Waals surface area contributed by atoms with Crippen LogP contribution in [-0.4, -0.2) is 30.7 Å². The van der Waals surface area contributed by atoms with E-state index in [1.165, 1.54) is 24.3 Å². The molecule has 0 aliphatic carbocycles. The van der Waals surface area contributed by atoms with Gasteiger partial charge in [0.25, 0.3) is 0 Å². The molecule has 21 heavy (non-hydrogen) atoms. The van der Waals surface area contributed by atoms with Gasteiger partial charge >= 0.3 is 5.76 Å². The molecule has 0 fully saturated rings. The molecule has 0 atom stereocenters. The predicted octanol–water partition coefficient (Wildman–Crippen LogP) is 2.45. The number of aromatic amines is 1. The predicted molar refractivity (Wildman–Crippen MR) is 75.0 cm³/mol. The standard InChI is InChI=1S/C13H15F2N3O2S/c14-13(15)21(19,20)11-5-3-10(4-6-11)16-7-1-2-12-17-8-9-18-12/h3-6,8-9,13,16H,1-2,7H2,(H,17,18). The van der Waals surface area contributed by atoms with Gasteiger partial charge in [-0.1, -0.05) is 0 Å². The maximum Gasteiger partial charge on any atom is 0.341 e. The van der Waals surface area contributed by atoms with Crippen molar-refractivity contribution in [1.29, 1.82) is 0 Å². The average Bonchev–Trinajstić information content (AvgIpc) is 2.97. The van der Waals surface area contributed by atoms with Crippen molar-refractivity contribution in [3.63, 3.8) is 0 Å². The highest BCUT2D eigenvalue weighted by molar-refractivity contribution is 7.91. The first-order valence-corrected chi connectivity index (χ1v) is 7.89. The van der Waals surface area contributed by atoms with Crippen LogP contribution in [0.15, 0.2) is 41.6 Å². The molecule has 2 N–H and O–H groups in total. The van der Waals surface area contributed by atoms with Crippen LogP contribution in [0.5, 0.6) is 0 Å². The van der Waals surface area contributed by atoms with E-state index in [1.54, 1.807) is 12.4 Å². The van der Waals surface area contributed by atoms with E-state index in [0.29, 0.717) is 12.2 Å². The SMILES string of the molecule is O=S(=O)(c1ccc(NCCCc2ncc[nH]2)cc1)C(F)F. The van der Waals surface area contributed by atoms with Gasteiger partial charge < -0.3 is 10.3 Å². The van der Waals surface area contributed by atoms with Crippen molar-refractivity contribution in [3.05, 3.63) is 42.5 Å². The molecule has 2 rings (SSSR count). The summed E-state index contributed by atoms with van der Waals surface area (Å²) in [6.45, 7) is 0.668. The first-order valence-electron chi connectivity index (χ1n) is 6.34. The summed E-state index contributed by atoms with van der Waals surface area (Å²) < 4.78 is 47.2. The number of aromatic nitrogens is 2. The topological polar surface area (TPSA) is 74.8 Å². The number of aryl methyl sites for hydroxylation is 1. The number of imidazole rings is 1. The van der Waals surface area contributed by atoms with E-state index in [4.69, 9.17) is 0 Å². The number of anilines is 1. The molecule has 114 valence electrons. The Morgan fingerprint density at radius 3 is 2.52 bits per heavy atom. The van der Waals surface area contributed by atoms with Gasteiger partial charge in [-0.25, -0.2) is 13.4 Å². The number of hydrogen-bond acceptors (Lipinski definition) is 4. The highest BCUT2D eigenvalue weighted by atomic mass is 32.2. The highest BCUT2D eigenvalue weighted by Crippen LogP contribution is 2.20. The van der Waals surface area contributed by atoms with Crippen molar-refractivity contribution in [2.24, 2.45) is 0 Å². The Morgan fingerprint density at radius 2 is 1.95 bits per heavy atom. The van der Waals surface area contributed by atoms with E-state index in [0.717, 1.165) is 18.7 Å². The van der Waals surface area contributed by atoms with Gasteiger partial charge in [-0.3, -0.25) is 0 Å². The quantitative estimate of drug-likeness (QED) is 0.770. The third-order valence-corrected chi connectivity index (χ3v) is 4.29. The monoisotopic (exact) mass is 315 g/mol. The lowest BCUT2D eigenvalue weighted by atomic mass is 10.2. The second kappa shape index (κ2) is 6.66. The molecule has 0 radical (unpaired) electrons. The van der Waals surface area contributed by atoms with E-state index in [9.17, 15) is 17.2 Å². The summed E-state index contributed by atoms with van der Waals surface area (Å²) in [5, 5.41) is 3.09. The summed E-state index contributed by atoms with van der Waals surface area (Å²) >= 11 is 0. The first-order chi connectivity index (χ1) is 10.00. The van der Waals surface area contributed by atoms with Crippen molar-refractivity contribution in [2.45, 2.75) is 23.5 Å². The highest BCUT2D eigenvalue weighted by Gasteiger charge is 2.26. The number of benzene rings is 1. The zero-order chi connectivity index (χ0) is 15.3. The lowest BCUT2D eigenvalue weighted by molar-refractivity contribution is 0.234. The Kier molecular flexibility index (Phi) is 4.89. The third kappa shape index (κ3) is 4.01. The molecule has 0 amide bonds. The fraction of sp³-hybridized carbons (Fsp3) is 0.308. The van der Waals surface area contributed by atoms with Crippen LogP contribution in [0.2, 0.25) is 0 Å². The van der Waals surface area contributed by atoms with Crippen LogP contribution in [0.4, 0.5) is 14.5 Å². The van der Waals surface area contributed by atoms with Gasteiger partial charge in [0.1, 0.15) is 5.82 Å². The van der Waals surface area contributed by atoms with Crippen molar-refractivity contribution in [2.75, 3.05) is 11.9 Å². The molecular weight excluding hydrogens is 300 g/mol. The Labute approximate surface area is 121 Å². The summed E-state index contributed by atoms with van der Waals surface area (Å²) in [5.41, 5.74) is 0.683. The van der Waals surface area contributed by atoms with Crippen LogP contribution in [0, 0.1) is 0 Å². The number of hydrogen-bond donors (Lipinski definition) is 2. The van der Waals surface area contributed by atoms with Crippen molar-refractivity contribution in [1.82, 2.24) is 9.97 Å². The summed E-state index contributed by atoms with van der Waals surface area (Å²) in [4.78, 5) is 6.71. The molecular formula is C13H15F2N3O2S. The van der Waals surface area contributed by atoms with Crippen LogP contribution in [0.25, 0.3) is 0 Å². The molecule has 1 aromatic carbocycles. The van der Waals surface area contributed by atoms with Gasteiger partial charge in [-0.15, -0.1) is 0 Å². The van der Waals surface area contributed by atoms with Crippen molar-refractivity contribution < 1.29 is 17.2 Å². The summed E-state index contributed by atoms with van der Waals surface area (Å²) in [6.07, 6.45) is 5.07. The van der Waals surface area contributed by atoms with E-state index >= 15 is 0 Å². The number of sulfone groups is 1. The Balaban J connectivity index is 1.85. The van der Waals surface area contributed by atoms with Crippen LogP contribution in [-0.2, 0) is 16.3 Å². The molecule has 2 aromatic rings. The van der Waals surface area contributed by atoms with E-state index in [2.05, 4.69) is 15.3 Å².